The number of benzene rings is 1. The highest BCUT2D eigenvalue weighted by molar-refractivity contribution is 5.94. The van der Waals surface area contributed by atoms with Gasteiger partial charge in [0.25, 0.3) is 5.91 Å². The van der Waals surface area contributed by atoms with Crippen molar-refractivity contribution in [3.05, 3.63) is 41.3 Å². The molecular weight excluding hydrogens is 428 g/mol. The molecule has 3 atom stereocenters. The largest absolute Gasteiger partial charge is 0.454 e. The number of amides is 1. The molecule has 1 aromatic carbocycles. The predicted molar refractivity (Wildman–Crippen MR) is 117 cm³/mol. The maximum Gasteiger partial charge on any atom is 0.251 e. The van der Waals surface area contributed by atoms with E-state index in [4.69, 9.17) is 18.7 Å². The summed E-state index contributed by atoms with van der Waals surface area (Å²) in [4.78, 5) is 14.9. The minimum Gasteiger partial charge on any atom is -0.454 e. The highest BCUT2D eigenvalue weighted by atomic mass is 16.7. The number of hydrogen-bond donors (Lipinski definition) is 3. The molecule has 4 heterocycles. The van der Waals surface area contributed by atoms with Crippen LogP contribution in [0.15, 0.2) is 28.8 Å². The lowest BCUT2D eigenvalue weighted by Gasteiger charge is -2.33. The van der Waals surface area contributed by atoms with Crippen molar-refractivity contribution in [1.82, 2.24) is 20.7 Å². The fourth-order valence-electron chi connectivity index (χ4n) is 4.47. The second-order valence-corrected chi connectivity index (χ2v) is 8.73. The van der Waals surface area contributed by atoms with E-state index in [1.807, 2.05) is 6.07 Å². The number of rotatable bonds is 7. The Morgan fingerprint density at radius 2 is 2.03 bits per heavy atom. The van der Waals surface area contributed by atoms with Crippen molar-refractivity contribution in [3.63, 3.8) is 0 Å². The van der Waals surface area contributed by atoms with Crippen LogP contribution in [-0.2, 0) is 17.7 Å². The molecule has 3 N–H and O–H groups in total. The molecule has 10 heteroatoms. The lowest BCUT2D eigenvalue weighted by molar-refractivity contribution is -0.114. The third kappa shape index (κ3) is 5.47. The molecule has 3 aliphatic heterocycles. The number of aromatic nitrogens is 1. The minimum atomic E-state index is -0.626. The van der Waals surface area contributed by atoms with Gasteiger partial charge in [-0.1, -0.05) is 5.16 Å². The SMILES string of the molecule is O=C(NCC1OC(Cc2cc(CN3CCNCC3)on2)CCC1O)c1ccc2c(c1)OCO2. The van der Waals surface area contributed by atoms with Crippen molar-refractivity contribution < 1.29 is 28.6 Å². The number of nitrogens with zero attached hydrogens (tertiary/aromatic N) is 2. The van der Waals surface area contributed by atoms with Gasteiger partial charge in [0.05, 0.1) is 24.4 Å². The zero-order valence-corrected chi connectivity index (χ0v) is 18.5. The Bertz CT molecular complexity index is 960. The van der Waals surface area contributed by atoms with Crippen LogP contribution in [0.3, 0.4) is 0 Å². The number of hydrogen-bond acceptors (Lipinski definition) is 9. The van der Waals surface area contributed by atoms with Gasteiger partial charge in [0, 0.05) is 50.8 Å². The Morgan fingerprint density at radius 1 is 1.18 bits per heavy atom. The number of ether oxygens (including phenoxy) is 3. The fourth-order valence-corrected chi connectivity index (χ4v) is 4.47. The molecule has 3 aliphatic rings. The lowest BCUT2D eigenvalue weighted by Crippen LogP contribution is -2.46. The Kier molecular flexibility index (Phi) is 6.77. The standard InChI is InChI=1S/C23H30N4O6/c28-19-3-2-17(10-16-11-18(33-26-16)13-27-7-5-24-6-8-27)32-22(19)12-25-23(29)15-1-4-20-21(9-15)31-14-30-20/h1,4,9,11,17,19,22,24,28H,2-3,5-8,10,12-14H2,(H,25,29). The number of aliphatic hydroxyl groups excluding tert-OH is 1. The molecule has 33 heavy (non-hydrogen) atoms. The summed E-state index contributed by atoms with van der Waals surface area (Å²) in [5, 5.41) is 20.8. The van der Waals surface area contributed by atoms with Crippen LogP contribution >= 0.6 is 0 Å². The molecule has 10 nitrogen and oxygen atoms in total. The van der Waals surface area contributed by atoms with Gasteiger partial charge < -0.3 is 34.5 Å². The number of carbonyl (C=O) groups excluding carboxylic acids is 1. The van der Waals surface area contributed by atoms with Gasteiger partial charge in [-0.3, -0.25) is 9.69 Å². The predicted octanol–water partition coefficient (Wildman–Crippen LogP) is 0.689. The van der Waals surface area contributed by atoms with Crippen LogP contribution in [0.5, 0.6) is 11.5 Å². The topological polar surface area (TPSA) is 118 Å². The summed E-state index contributed by atoms with van der Waals surface area (Å²) in [6, 6.07) is 7.05. The van der Waals surface area contributed by atoms with Crippen LogP contribution in [0.1, 0.15) is 34.7 Å². The summed E-state index contributed by atoms with van der Waals surface area (Å²) in [6.07, 6.45) is 0.768. The van der Waals surface area contributed by atoms with E-state index in [-0.39, 0.29) is 25.3 Å². The summed E-state index contributed by atoms with van der Waals surface area (Å²) in [5.41, 5.74) is 1.32. The minimum absolute atomic E-state index is 0.0852. The highest BCUT2D eigenvalue weighted by Gasteiger charge is 2.31. The zero-order chi connectivity index (χ0) is 22.6. The maximum atomic E-state index is 12.6. The molecule has 0 aliphatic carbocycles. The van der Waals surface area contributed by atoms with Crippen LogP contribution < -0.4 is 20.1 Å². The Labute approximate surface area is 192 Å². The lowest BCUT2D eigenvalue weighted by atomic mass is 9.98. The van der Waals surface area contributed by atoms with Crippen molar-refractivity contribution in [2.75, 3.05) is 39.5 Å². The molecule has 2 fully saturated rings. The molecule has 0 spiro atoms. The quantitative estimate of drug-likeness (QED) is 0.551. The maximum absolute atomic E-state index is 12.6. The molecule has 2 aromatic rings. The molecule has 0 radical (unpaired) electrons. The van der Waals surface area contributed by atoms with Crippen molar-refractivity contribution in [3.8, 4) is 11.5 Å². The molecule has 1 amide bonds. The number of piperazine rings is 1. The van der Waals surface area contributed by atoms with E-state index in [0.29, 0.717) is 29.9 Å². The average molecular weight is 459 g/mol. The smallest absolute Gasteiger partial charge is 0.251 e. The van der Waals surface area contributed by atoms with Crippen LogP contribution in [-0.4, -0.2) is 78.9 Å². The molecular formula is C23H30N4O6. The first-order valence-electron chi connectivity index (χ1n) is 11.5. The number of nitrogens with one attached hydrogen (secondary N) is 2. The third-order valence-corrected chi connectivity index (χ3v) is 6.31. The van der Waals surface area contributed by atoms with Crippen molar-refractivity contribution in [2.45, 2.75) is 44.1 Å². The average Bonchev–Trinajstić information content (AvgIpc) is 3.48. The van der Waals surface area contributed by atoms with Gasteiger partial charge >= 0.3 is 0 Å². The van der Waals surface area contributed by atoms with Crippen molar-refractivity contribution in [2.24, 2.45) is 0 Å². The summed E-state index contributed by atoms with van der Waals surface area (Å²) < 4.78 is 22.2. The van der Waals surface area contributed by atoms with Crippen LogP contribution in [0.4, 0.5) is 0 Å². The van der Waals surface area contributed by atoms with Crippen LogP contribution in [0.2, 0.25) is 0 Å². The molecule has 5 rings (SSSR count). The second kappa shape index (κ2) is 10.1. The van der Waals surface area contributed by atoms with E-state index in [1.165, 1.54) is 0 Å². The molecule has 178 valence electrons. The monoisotopic (exact) mass is 458 g/mol. The van der Waals surface area contributed by atoms with E-state index in [1.54, 1.807) is 18.2 Å². The van der Waals surface area contributed by atoms with Crippen LogP contribution in [0, 0.1) is 0 Å². The summed E-state index contributed by atoms with van der Waals surface area (Å²) in [6.45, 7) is 5.12. The van der Waals surface area contributed by atoms with E-state index in [0.717, 1.165) is 50.6 Å². The van der Waals surface area contributed by atoms with Gasteiger partial charge in [-0.25, -0.2) is 0 Å². The number of aliphatic hydroxyl groups is 1. The van der Waals surface area contributed by atoms with E-state index in [2.05, 4.69) is 20.7 Å². The van der Waals surface area contributed by atoms with Crippen molar-refractivity contribution in [1.29, 1.82) is 0 Å². The van der Waals surface area contributed by atoms with Crippen molar-refractivity contribution >= 4 is 5.91 Å². The van der Waals surface area contributed by atoms with Gasteiger partial charge in [-0.15, -0.1) is 0 Å². The van der Waals surface area contributed by atoms with Gasteiger partial charge in [-0.05, 0) is 31.0 Å². The summed E-state index contributed by atoms with van der Waals surface area (Å²) >= 11 is 0. The third-order valence-electron chi connectivity index (χ3n) is 6.31. The molecule has 2 saturated heterocycles. The summed E-state index contributed by atoms with van der Waals surface area (Å²) in [5.74, 6) is 1.79. The van der Waals surface area contributed by atoms with E-state index < -0.39 is 12.2 Å². The zero-order valence-electron chi connectivity index (χ0n) is 18.5. The van der Waals surface area contributed by atoms with Gasteiger partial charge in [0.1, 0.15) is 6.10 Å². The molecule has 1 aromatic heterocycles. The first kappa shape index (κ1) is 22.1. The van der Waals surface area contributed by atoms with E-state index >= 15 is 0 Å². The second-order valence-electron chi connectivity index (χ2n) is 8.73. The fraction of sp³-hybridized carbons (Fsp3) is 0.565. The molecule has 0 saturated carbocycles. The normalized spacial score (nSPS) is 25.2. The van der Waals surface area contributed by atoms with E-state index in [9.17, 15) is 9.90 Å². The number of carbonyl (C=O) groups is 1. The van der Waals surface area contributed by atoms with Gasteiger partial charge in [-0.2, -0.15) is 0 Å². The first-order valence-corrected chi connectivity index (χ1v) is 11.5. The highest BCUT2D eigenvalue weighted by Crippen LogP contribution is 2.32. The first-order chi connectivity index (χ1) is 16.1. The molecule has 0 bridgehead atoms. The van der Waals surface area contributed by atoms with Gasteiger partial charge in [0.15, 0.2) is 17.3 Å². The van der Waals surface area contributed by atoms with Crippen LogP contribution in [0.25, 0.3) is 0 Å². The Balaban J connectivity index is 1.12. The molecule has 3 unspecified atom stereocenters. The Hall–Kier alpha value is -2.66. The number of fused-ring (bicyclic) bond motifs is 1. The Morgan fingerprint density at radius 3 is 2.91 bits per heavy atom. The summed E-state index contributed by atoms with van der Waals surface area (Å²) in [7, 11) is 0. The van der Waals surface area contributed by atoms with Gasteiger partial charge in [0.2, 0.25) is 6.79 Å².